The zero-order chi connectivity index (χ0) is 11.4. The number of carbonyl (C=O) groups excluding carboxylic acids is 1. The predicted octanol–water partition coefficient (Wildman–Crippen LogP) is 1.59. The van der Waals surface area contributed by atoms with Crippen LogP contribution in [0.1, 0.15) is 34.1 Å². The molecule has 1 heterocycles. The van der Waals surface area contributed by atoms with Gasteiger partial charge < -0.3 is 4.90 Å². The van der Waals surface area contributed by atoms with Gasteiger partial charge in [0.1, 0.15) is 0 Å². The summed E-state index contributed by atoms with van der Waals surface area (Å²) in [5.41, 5.74) is 0. The summed E-state index contributed by atoms with van der Waals surface area (Å²) < 4.78 is 0. The van der Waals surface area contributed by atoms with Crippen LogP contribution in [0.15, 0.2) is 0 Å². The molecule has 0 saturated carbocycles. The number of amides is 1. The number of rotatable bonds is 3. The van der Waals surface area contributed by atoms with Crippen LogP contribution in [0.2, 0.25) is 0 Å². The van der Waals surface area contributed by atoms with Gasteiger partial charge in [-0.05, 0) is 12.8 Å². The number of nitrogens with zero attached hydrogens (tertiary/aromatic N) is 2. The molecule has 15 heavy (non-hydrogen) atoms. The Balaban J connectivity index is 2.40. The van der Waals surface area contributed by atoms with Crippen molar-refractivity contribution in [3.8, 4) is 0 Å². The van der Waals surface area contributed by atoms with Gasteiger partial charge in [-0.3, -0.25) is 9.69 Å². The van der Waals surface area contributed by atoms with Gasteiger partial charge in [-0.1, -0.05) is 20.3 Å². The summed E-state index contributed by atoms with van der Waals surface area (Å²) >= 11 is 0. The molecule has 0 aliphatic carbocycles. The van der Waals surface area contributed by atoms with Crippen molar-refractivity contribution in [2.75, 3.05) is 26.2 Å². The van der Waals surface area contributed by atoms with Crippen molar-refractivity contribution in [3.05, 3.63) is 0 Å². The average Bonchev–Trinajstić information content (AvgIpc) is 2.27. The molecule has 0 aromatic rings. The normalized spacial score (nSPS) is 22.5. The Morgan fingerprint density at radius 1 is 1.20 bits per heavy atom. The van der Waals surface area contributed by atoms with Crippen molar-refractivity contribution in [2.24, 2.45) is 5.92 Å². The van der Waals surface area contributed by atoms with Crippen LogP contribution in [0.4, 0.5) is 0 Å². The van der Waals surface area contributed by atoms with E-state index in [0.717, 1.165) is 32.1 Å². The predicted molar refractivity (Wildman–Crippen MR) is 62.7 cm³/mol. The summed E-state index contributed by atoms with van der Waals surface area (Å²) in [6.45, 7) is 12.4. The van der Waals surface area contributed by atoms with Gasteiger partial charge in [0.25, 0.3) is 0 Å². The second-order valence-electron chi connectivity index (χ2n) is 4.67. The molecule has 2 atom stereocenters. The summed E-state index contributed by atoms with van der Waals surface area (Å²) in [4.78, 5) is 15.6. The topological polar surface area (TPSA) is 23.6 Å². The van der Waals surface area contributed by atoms with Gasteiger partial charge in [-0.25, -0.2) is 0 Å². The van der Waals surface area contributed by atoms with Gasteiger partial charge in [0.15, 0.2) is 0 Å². The molecule has 1 aliphatic rings. The van der Waals surface area contributed by atoms with Gasteiger partial charge in [0, 0.05) is 39.1 Å². The van der Waals surface area contributed by atoms with E-state index < -0.39 is 0 Å². The first kappa shape index (κ1) is 12.5. The van der Waals surface area contributed by atoms with Gasteiger partial charge >= 0.3 is 0 Å². The average molecular weight is 212 g/mol. The molecule has 0 bridgehead atoms. The highest BCUT2D eigenvalue weighted by atomic mass is 16.2. The minimum atomic E-state index is 0.214. The van der Waals surface area contributed by atoms with E-state index in [1.807, 2.05) is 4.90 Å². The van der Waals surface area contributed by atoms with Gasteiger partial charge in [0.05, 0.1) is 0 Å². The highest BCUT2D eigenvalue weighted by Gasteiger charge is 2.24. The lowest BCUT2D eigenvalue weighted by Crippen LogP contribution is -2.52. The molecular weight excluding hydrogens is 188 g/mol. The van der Waals surface area contributed by atoms with Crippen molar-refractivity contribution in [2.45, 2.75) is 40.2 Å². The van der Waals surface area contributed by atoms with E-state index >= 15 is 0 Å². The summed E-state index contributed by atoms with van der Waals surface area (Å²) in [5.74, 6) is 0.958. The largest absolute Gasteiger partial charge is 0.340 e. The molecular formula is C12H24N2O. The number of hydrogen-bond acceptors (Lipinski definition) is 2. The fourth-order valence-electron chi connectivity index (χ4n) is 2.15. The number of hydrogen-bond donors (Lipinski definition) is 0. The third-order valence-electron chi connectivity index (χ3n) is 3.80. The molecule has 3 heteroatoms. The Kier molecular flexibility index (Phi) is 4.58. The molecule has 0 spiro atoms. The molecule has 0 aromatic carbocycles. The second-order valence-corrected chi connectivity index (χ2v) is 4.67. The lowest BCUT2D eigenvalue weighted by atomic mass is 9.99. The smallest absolute Gasteiger partial charge is 0.219 e. The van der Waals surface area contributed by atoms with Crippen LogP contribution in [0.3, 0.4) is 0 Å². The van der Waals surface area contributed by atoms with Crippen molar-refractivity contribution in [3.63, 3.8) is 0 Å². The monoisotopic (exact) mass is 212 g/mol. The van der Waals surface area contributed by atoms with E-state index in [1.54, 1.807) is 6.92 Å². The third-order valence-corrected chi connectivity index (χ3v) is 3.80. The fourth-order valence-corrected chi connectivity index (χ4v) is 2.15. The molecule has 1 rings (SSSR count). The van der Waals surface area contributed by atoms with E-state index in [9.17, 15) is 4.79 Å². The first-order valence-electron chi connectivity index (χ1n) is 6.05. The Hall–Kier alpha value is -0.570. The highest BCUT2D eigenvalue weighted by Crippen LogP contribution is 2.16. The van der Waals surface area contributed by atoms with E-state index in [4.69, 9.17) is 0 Å². The van der Waals surface area contributed by atoms with Crippen molar-refractivity contribution in [1.82, 2.24) is 9.80 Å². The highest BCUT2D eigenvalue weighted by molar-refractivity contribution is 5.73. The van der Waals surface area contributed by atoms with Crippen LogP contribution in [-0.2, 0) is 4.79 Å². The number of piperazine rings is 1. The van der Waals surface area contributed by atoms with Crippen LogP contribution in [-0.4, -0.2) is 47.9 Å². The lowest BCUT2D eigenvalue weighted by molar-refractivity contribution is -0.131. The molecule has 0 radical (unpaired) electrons. The summed E-state index contributed by atoms with van der Waals surface area (Å²) in [6.07, 6.45) is 1.23. The minimum absolute atomic E-state index is 0.214. The van der Waals surface area contributed by atoms with E-state index in [-0.39, 0.29) is 5.91 Å². The maximum Gasteiger partial charge on any atom is 0.219 e. The molecule has 1 aliphatic heterocycles. The molecule has 0 N–H and O–H groups in total. The summed E-state index contributed by atoms with van der Waals surface area (Å²) in [7, 11) is 0. The Bertz CT molecular complexity index is 210. The molecule has 3 nitrogen and oxygen atoms in total. The van der Waals surface area contributed by atoms with Crippen LogP contribution >= 0.6 is 0 Å². The molecule has 1 fully saturated rings. The second kappa shape index (κ2) is 5.50. The van der Waals surface area contributed by atoms with E-state index in [1.165, 1.54) is 6.42 Å². The molecule has 88 valence electrons. The Morgan fingerprint density at radius 3 is 2.13 bits per heavy atom. The molecule has 1 amide bonds. The van der Waals surface area contributed by atoms with Crippen LogP contribution in [0.5, 0.6) is 0 Å². The maximum atomic E-state index is 11.2. The first-order chi connectivity index (χ1) is 7.06. The Labute approximate surface area is 93.4 Å². The molecule has 2 unspecified atom stereocenters. The lowest BCUT2D eigenvalue weighted by Gasteiger charge is -2.39. The summed E-state index contributed by atoms with van der Waals surface area (Å²) in [5, 5.41) is 0. The SMILES string of the molecule is CCC(C)C(C)N1CCN(C(C)=O)CC1. The number of carbonyl (C=O) groups is 1. The quantitative estimate of drug-likeness (QED) is 0.709. The van der Waals surface area contributed by atoms with Crippen molar-refractivity contribution in [1.29, 1.82) is 0 Å². The molecule has 0 aromatic heterocycles. The zero-order valence-electron chi connectivity index (χ0n) is 10.5. The van der Waals surface area contributed by atoms with Gasteiger partial charge in [0.2, 0.25) is 5.91 Å². The molecule has 1 saturated heterocycles. The Morgan fingerprint density at radius 2 is 1.73 bits per heavy atom. The third kappa shape index (κ3) is 3.20. The van der Waals surface area contributed by atoms with Gasteiger partial charge in [-0.15, -0.1) is 0 Å². The van der Waals surface area contributed by atoms with Gasteiger partial charge in [-0.2, -0.15) is 0 Å². The summed E-state index contributed by atoms with van der Waals surface area (Å²) in [6, 6.07) is 0.643. The fraction of sp³-hybridized carbons (Fsp3) is 0.917. The van der Waals surface area contributed by atoms with Crippen molar-refractivity contribution < 1.29 is 4.79 Å². The van der Waals surface area contributed by atoms with Crippen molar-refractivity contribution >= 4 is 5.91 Å². The van der Waals surface area contributed by atoms with E-state index in [0.29, 0.717) is 6.04 Å². The maximum absolute atomic E-state index is 11.2. The zero-order valence-corrected chi connectivity index (χ0v) is 10.5. The first-order valence-corrected chi connectivity index (χ1v) is 6.05. The minimum Gasteiger partial charge on any atom is -0.340 e. The van der Waals surface area contributed by atoms with E-state index in [2.05, 4.69) is 25.7 Å². The standard InChI is InChI=1S/C12H24N2O/c1-5-10(2)11(3)13-6-8-14(9-7-13)12(4)15/h10-11H,5-9H2,1-4H3. The van der Waals surface area contributed by atoms with Crippen LogP contribution in [0.25, 0.3) is 0 Å². The van der Waals surface area contributed by atoms with Crippen LogP contribution < -0.4 is 0 Å². The van der Waals surface area contributed by atoms with Crippen LogP contribution in [0, 0.1) is 5.92 Å².